The fraction of sp³-hybridized carbons (Fsp3) is 0.286. The molecule has 0 fully saturated rings. The minimum Gasteiger partial charge on any atom is -0.368 e. The van der Waals surface area contributed by atoms with Gasteiger partial charge in [0.1, 0.15) is 11.6 Å². The van der Waals surface area contributed by atoms with E-state index >= 15 is 0 Å². The molecule has 2 N–H and O–H groups in total. The first-order chi connectivity index (χ1) is 9.06. The van der Waals surface area contributed by atoms with Gasteiger partial charge in [0.15, 0.2) is 0 Å². The highest BCUT2D eigenvalue weighted by Crippen LogP contribution is 2.22. The Hall–Kier alpha value is -2.17. The molecule has 0 spiro atoms. The van der Waals surface area contributed by atoms with Gasteiger partial charge in [0, 0.05) is 24.5 Å². The standard InChI is InChI=1S/C12H13FN4.C2H6/c1-8-6-11(16-12(14)15-8)17(2)10-5-3-4-9(13)7-10;1-2/h3-7H,1-2H3,(H2,14,15,16);1-2H3. The molecule has 2 aromatic rings. The summed E-state index contributed by atoms with van der Waals surface area (Å²) in [7, 11) is 1.80. The lowest BCUT2D eigenvalue weighted by molar-refractivity contribution is 0.628. The Morgan fingerprint density at radius 3 is 2.42 bits per heavy atom. The predicted molar refractivity (Wildman–Crippen MR) is 77.0 cm³/mol. The van der Waals surface area contributed by atoms with Crippen molar-refractivity contribution in [2.45, 2.75) is 20.8 Å². The first kappa shape index (κ1) is 14.9. The first-order valence-electron chi connectivity index (χ1n) is 6.17. The molecule has 0 radical (unpaired) electrons. The molecule has 2 rings (SSSR count). The summed E-state index contributed by atoms with van der Waals surface area (Å²) >= 11 is 0. The average molecular weight is 262 g/mol. The van der Waals surface area contributed by atoms with Crippen LogP contribution in [0.1, 0.15) is 19.5 Å². The van der Waals surface area contributed by atoms with Crippen molar-refractivity contribution in [2.75, 3.05) is 17.7 Å². The van der Waals surface area contributed by atoms with Gasteiger partial charge in [-0.2, -0.15) is 4.98 Å². The van der Waals surface area contributed by atoms with Crippen LogP contribution in [0.5, 0.6) is 0 Å². The normalized spacial score (nSPS) is 9.53. The topological polar surface area (TPSA) is 55.0 Å². The number of nitrogens with zero attached hydrogens (tertiary/aromatic N) is 3. The molecule has 0 bridgehead atoms. The molecule has 102 valence electrons. The Morgan fingerprint density at radius 2 is 1.84 bits per heavy atom. The number of nitrogens with two attached hydrogens (primary N) is 1. The highest BCUT2D eigenvalue weighted by Gasteiger charge is 2.08. The third-order valence-electron chi connectivity index (χ3n) is 2.40. The van der Waals surface area contributed by atoms with Gasteiger partial charge in [-0.3, -0.25) is 0 Å². The lowest BCUT2D eigenvalue weighted by Gasteiger charge is -2.18. The molecule has 0 aliphatic heterocycles. The number of rotatable bonds is 2. The highest BCUT2D eigenvalue weighted by atomic mass is 19.1. The Balaban J connectivity index is 0.000000861. The number of aromatic nitrogens is 2. The third kappa shape index (κ3) is 3.91. The molecule has 1 aromatic carbocycles. The van der Waals surface area contributed by atoms with Crippen molar-refractivity contribution in [3.05, 3.63) is 41.8 Å². The molecule has 0 amide bonds. The molecule has 1 aromatic heterocycles. The fourth-order valence-electron chi connectivity index (χ4n) is 1.56. The van der Waals surface area contributed by atoms with Gasteiger partial charge in [0.05, 0.1) is 0 Å². The summed E-state index contributed by atoms with van der Waals surface area (Å²) < 4.78 is 13.1. The van der Waals surface area contributed by atoms with Crippen LogP contribution in [0.2, 0.25) is 0 Å². The minimum atomic E-state index is -0.284. The van der Waals surface area contributed by atoms with Gasteiger partial charge in [-0.25, -0.2) is 9.37 Å². The second-order valence-corrected chi connectivity index (χ2v) is 3.76. The van der Waals surface area contributed by atoms with Crippen LogP contribution >= 0.6 is 0 Å². The number of benzene rings is 1. The highest BCUT2D eigenvalue weighted by molar-refractivity contribution is 5.60. The van der Waals surface area contributed by atoms with E-state index in [2.05, 4.69) is 9.97 Å². The predicted octanol–water partition coefficient (Wildman–Crippen LogP) is 3.30. The number of hydrogen-bond acceptors (Lipinski definition) is 4. The number of halogens is 1. The number of aryl methyl sites for hydroxylation is 1. The monoisotopic (exact) mass is 262 g/mol. The summed E-state index contributed by atoms with van der Waals surface area (Å²) in [4.78, 5) is 9.86. The zero-order valence-electron chi connectivity index (χ0n) is 11.7. The number of anilines is 3. The molecule has 0 atom stereocenters. The Morgan fingerprint density at radius 1 is 1.16 bits per heavy atom. The summed E-state index contributed by atoms with van der Waals surface area (Å²) in [5, 5.41) is 0. The van der Waals surface area contributed by atoms with Gasteiger partial charge in [0.2, 0.25) is 5.95 Å². The van der Waals surface area contributed by atoms with Crippen LogP contribution in [0.4, 0.5) is 21.8 Å². The lowest BCUT2D eigenvalue weighted by atomic mass is 10.3. The van der Waals surface area contributed by atoms with Gasteiger partial charge < -0.3 is 10.6 Å². The Kier molecular flexibility index (Phi) is 5.23. The zero-order valence-corrected chi connectivity index (χ0v) is 11.7. The van der Waals surface area contributed by atoms with E-state index in [0.717, 1.165) is 5.69 Å². The largest absolute Gasteiger partial charge is 0.368 e. The van der Waals surface area contributed by atoms with E-state index in [1.807, 2.05) is 20.8 Å². The van der Waals surface area contributed by atoms with Gasteiger partial charge >= 0.3 is 0 Å². The van der Waals surface area contributed by atoms with Crippen molar-refractivity contribution in [3.8, 4) is 0 Å². The maximum Gasteiger partial charge on any atom is 0.222 e. The quantitative estimate of drug-likeness (QED) is 0.902. The summed E-state index contributed by atoms with van der Waals surface area (Å²) in [5.74, 6) is 0.567. The van der Waals surface area contributed by atoms with Crippen LogP contribution in [0.15, 0.2) is 30.3 Å². The van der Waals surface area contributed by atoms with Crippen LogP contribution in [0, 0.1) is 12.7 Å². The maximum absolute atomic E-state index is 13.1. The van der Waals surface area contributed by atoms with Gasteiger partial charge in [-0.05, 0) is 25.1 Å². The van der Waals surface area contributed by atoms with Crippen molar-refractivity contribution in [3.63, 3.8) is 0 Å². The van der Waals surface area contributed by atoms with Crippen LogP contribution < -0.4 is 10.6 Å². The SMILES string of the molecule is CC.Cc1cc(N(C)c2cccc(F)c2)nc(N)n1. The van der Waals surface area contributed by atoms with E-state index in [9.17, 15) is 4.39 Å². The molecular formula is C14H19FN4. The zero-order chi connectivity index (χ0) is 14.4. The van der Waals surface area contributed by atoms with Crippen LogP contribution in [0.3, 0.4) is 0 Å². The maximum atomic E-state index is 13.1. The second-order valence-electron chi connectivity index (χ2n) is 3.76. The molecular weight excluding hydrogens is 243 g/mol. The van der Waals surface area contributed by atoms with Crippen molar-refractivity contribution in [1.82, 2.24) is 9.97 Å². The van der Waals surface area contributed by atoms with Crippen molar-refractivity contribution < 1.29 is 4.39 Å². The van der Waals surface area contributed by atoms with E-state index < -0.39 is 0 Å². The van der Waals surface area contributed by atoms with Crippen LogP contribution in [-0.2, 0) is 0 Å². The molecule has 0 saturated carbocycles. The molecule has 1 heterocycles. The first-order valence-corrected chi connectivity index (χ1v) is 6.17. The number of hydrogen-bond donors (Lipinski definition) is 1. The van der Waals surface area contributed by atoms with Crippen LogP contribution in [0.25, 0.3) is 0 Å². The van der Waals surface area contributed by atoms with Crippen molar-refractivity contribution >= 4 is 17.5 Å². The van der Waals surface area contributed by atoms with Crippen molar-refractivity contribution in [2.24, 2.45) is 0 Å². The summed E-state index contributed by atoms with van der Waals surface area (Å²) in [6.45, 7) is 5.83. The average Bonchev–Trinajstić information content (AvgIpc) is 2.39. The Bertz CT molecular complexity index is 522. The van der Waals surface area contributed by atoms with E-state index in [1.165, 1.54) is 12.1 Å². The molecule has 0 aliphatic rings. The second kappa shape index (κ2) is 6.68. The third-order valence-corrected chi connectivity index (χ3v) is 2.40. The smallest absolute Gasteiger partial charge is 0.222 e. The summed E-state index contributed by atoms with van der Waals surface area (Å²) in [6, 6.07) is 8.08. The molecule has 0 saturated heterocycles. The molecule has 5 heteroatoms. The van der Waals surface area contributed by atoms with E-state index in [-0.39, 0.29) is 11.8 Å². The van der Waals surface area contributed by atoms with Crippen LogP contribution in [-0.4, -0.2) is 17.0 Å². The van der Waals surface area contributed by atoms with E-state index in [4.69, 9.17) is 5.73 Å². The Labute approximate surface area is 113 Å². The fourth-order valence-corrected chi connectivity index (χ4v) is 1.56. The van der Waals surface area contributed by atoms with Gasteiger partial charge in [-0.1, -0.05) is 19.9 Å². The summed E-state index contributed by atoms with van der Waals surface area (Å²) in [6.07, 6.45) is 0. The molecule has 19 heavy (non-hydrogen) atoms. The van der Waals surface area contributed by atoms with E-state index in [1.54, 1.807) is 30.1 Å². The molecule has 0 aliphatic carbocycles. The summed E-state index contributed by atoms with van der Waals surface area (Å²) in [5.41, 5.74) is 7.07. The van der Waals surface area contributed by atoms with Gasteiger partial charge in [0.25, 0.3) is 0 Å². The lowest BCUT2D eigenvalue weighted by Crippen LogP contribution is -2.13. The van der Waals surface area contributed by atoms with Gasteiger partial charge in [-0.15, -0.1) is 0 Å². The minimum absolute atomic E-state index is 0.211. The molecule has 0 unspecified atom stereocenters. The van der Waals surface area contributed by atoms with E-state index in [0.29, 0.717) is 11.5 Å². The van der Waals surface area contributed by atoms with Crippen molar-refractivity contribution in [1.29, 1.82) is 0 Å². The number of nitrogen functional groups attached to an aromatic ring is 1. The molecule has 4 nitrogen and oxygen atoms in total.